The highest BCUT2D eigenvalue weighted by Crippen LogP contribution is 2.31. The molecule has 238 valence electrons. The molecule has 10 nitrogen and oxygen atoms in total. The molecule has 0 radical (unpaired) electrons. The first-order valence-electron chi connectivity index (χ1n) is 15.9. The van der Waals surface area contributed by atoms with E-state index in [-0.39, 0.29) is 23.9 Å². The number of likely N-dealkylation sites (N-methyl/N-ethyl adjacent to an activating group) is 1. The Bertz CT molecular complexity index is 1820. The number of aromatic nitrogens is 3. The van der Waals surface area contributed by atoms with Gasteiger partial charge in [0.2, 0.25) is 17.7 Å². The number of nitrogens with zero attached hydrogens (tertiary/aromatic N) is 4. The Hall–Kier alpha value is -4.80. The molecule has 0 saturated carbocycles. The molecule has 10 heteroatoms. The van der Waals surface area contributed by atoms with Crippen LogP contribution in [0.3, 0.4) is 0 Å². The average Bonchev–Trinajstić information content (AvgIpc) is 3.83. The van der Waals surface area contributed by atoms with Gasteiger partial charge in [-0.15, -0.1) is 0 Å². The van der Waals surface area contributed by atoms with Crippen molar-refractivity contribution in [3.63, 3.8) is 0 Å². The molecule has 3 aromatic carbocycles. The summed E-state index contributed by atoms with van der Waals surface area (Å²) in [6.07, 6.45) is 4.39. The van der Waals surface area contributed by atoms with Gasteiger partial charge in [0.1, 0.15) is 11.9 Å². The van der Waals surface area contributed by atoms with Gasteiger partial charge in [-0.05, 0) is 88.3 Å². The van der Waals surface area contributed by atoms with Crippen LogP contribution in [0.2, 0.25) is 0 Å². The average molecular weight is 620 g/mol. The van der Waals surface area contributed by atoms with E-state index in [2.05, 4.69) is 27.5 Å². The molecule has 46 heavy (non-hydrogen) atoms. The summed E-state index contributed by atoms with van der Waals surface area (Å²) in [7, 11) is 3.86. The van der Waals surface area contributed by atoms with Gasteiger partial charge in [-0.1, -0.05) is 43.3 Å². The highest BCUT2D eigenvalue weighted by molar-refractivity contribution is 5.96. The number of amides is 2. The topological polar surface area (TPSA) is 119 Å². The van der Waals surface area contributed by atoms with Crippen LogP contribution in [-0.4, -0.2) is 69.8 Å². The number of carbonyl (C=O) groups is 2. The molecule has 0 unspecified atom stereocenters. The number of H-pyrrole nitrogens is 1. The lowest BCUT2D eigenvalue weighted by Gasteiger charge is -2.30. The number of imidazole rings is 1. The lowest BCUT2D eigenvalue weighted by atomic mass is 10.0. The van der Waals surface area contributed by atoms with Crippen LogP contribution >= 0.6 is 0 Å². The Balaban J connectivity index is 1.20. The van der Waals surface area contributed by atoms with Gasteiger partial charge in [0.25, 0.3) is 0 Å². The quantitative estimate of drug-likeness (QED) is 0.168. The van der Waals surface area contributed by atoms with Crippen LogP contribution in [0.4, 0.5) is 5.69 Å². The van der Waals surface area contributed by atoms with Gasteiger partial charge < -0.3 is 24.9 Å². The first-order valence-corrected chi connectivity index (χ1v) is 15.9. The third-order valence-corrected chi connectivity index (χ3v) is 8.45. The second-order valence-electron chi connectivity index (χ2n) is 12.1. The zero-order valence-electron chi connectivity index (χ0n) is 26.8. The first kappa shape index (κ1) is 31.2. The largest absolute Gasteiger partial charge is 0.436 e. The van der Waals surface area contributed by atoms with Gasteiger partial charge in [0, 0.05) is 23.4 Å². The van der Waals surface area contributed by atoms with Gasteiger partial charge in [-0.25, -0.2) is 9.97 Å². The van der Waals surface area contributed by atoms with E-state index in [9.17, 15) is 9.59 Å². The minimum Gasteiger partial charge on any atom is -0.436 e. The van der Waals surface area contributed by atoms with E-state index < -0.39 is 0 Å². The molecule has 0 spiro atoms. The summed E-state index contributed by atoms with van der Waals surface area (Å²) in [5.41, 5.74) is 5.97. The summed E-state index contributed by atoms with van der Waals surface area (Å²) in [5, 5.41) is 6.30. The molecule has 2 atom stereocenters. The van der Waals surface area contributed by atoms with Crippen molar-refractivity contribution in [2.45, 2.75) is 51.7 Å². The van der Waals surface area contributed by atoms with Crippen LogP contribution < -0.4 is 10.6 Å². The number of nitrogens with one attached hydrogen (secondary N) is 3. The molecule has 2 aromatic heterocycles. The summed E-state index contributed by atoms with van der Waals surface area (Å²) >= 11 is 0. The maximum Gasteiger partial charge on any atom is 0.244 e. The summed E-state index contributed by atoms with van der Waals surface area (Å²) < 4.78 is 6.20. The molecule has 1 aliphatic rings. The number of aryl methyl sites for hydroxylation is 1. The number of rotatable bonds is 11. The molecule has 6 rings (SSSR count). The van der Waals surface area contributed by atoms with Crippen LogP contribution in [0.15, 0.2) is 77.3 Å². The number of hydrogen-bond acceptors (Lipinski definition) is 7. The molecular weight excluding hydrogens is 578 g/mol. The van der Waals surface area contributed by atoms with E-state index >= 15 is 0 Å². The van der Waals surface area contributed by atoms with Crippen molar-refractivity contribution in [1.82, 2.24) is 30.1 Å². The minimum absolute atomic E-state index is 0.0200. The number of anilines is 1. The molecule has 1 aliphatic heterocycles. The van der Waals surface area contributed by atoms with Crippen LogP contribution in [0.1, 0.15) is 49.2 Å². The van der Waals surface area contributed by atoms with Crippen LogP contribution in [0.25, 0.3) is 33.8 Å². The fraction of sp³-hybridized carbons (Fsp3) is 0.333. The van der Waals surface area contributed by atoms with Gasteiger partial charge in [-0.2, -0.15) is 0 Å². The molecule has 1 saturated heterocycles. The summed E-state index contributed by atoms with van der Waals surface area (Å²) in [6.45, 7) is 5.91. The SMILES string of the molecule is CCCN(Cc1nc2cc(-c3cnc(-c4ccc(C)c(NC(=O)[C@@H]5CCCN5)c4)o3)ccc2[nH]1)C(=O)[C@@H](c1ccccc1)N(C)C. The summed E-state index contributed by atoms with van der Waals surface area (Å²) in [6, 6.07) is 21.1. The highest BCUT2D eigenvalue weighted by Gasteiger charge is 2.28. The predicted octanol–water partition coefficient (Wildman–Crippen LogP) is 5.93. The molecule has 0 aliphatic carbocycles. The number of hydrogen-bond donors (Lipinski definition) is 3. The standard InChI is InChI=1S/C36H41N7O3/c1-5-18-43(36(45)33(42(3)4)24-10-7-6-8-11-24)22-32-39-27-16-15-25(19-30(27)40-32)31-21-38-35(46-31)26-14-13-23(2)29(20-26)41-34(44)28-12-9-17-37-28/h6-8,10-11,13-16,19-21,28,33,37H,5,9,12,17-18,22H2,1-4H3,(H,39,40)(H,41,44)/t28-,33+/m0/s1. The van der Waals surface area contributed by atoms with Gasteiger partial charge >= 0.3 is 0 Å². The van der Waals surface area contributed by atoms with Crippen molar-refractivity contribution < 1.29 is 14.0 Å². The Morgan fingerprint density at radius 3 is 2.61 bits per heavy atom. The fourth-order valence-corrected chi connectivity index (χ4v) is 6.03. The van der Waals surface area contributed by atoms with Crippen molar-refractivity contribution in [2.24, 2.45) is 0 Å². The first-order chi connectivity index (χ1) is 22.3. The smallest absolute Gasteiger partial charge is 0.244 e. The van der Waals surface area contributed by atoms with Gasteiger partial charge in [0.05, 0.1) is 29.8 Å². The molecule has 2 amide bonds. The number of carbonyl (C=O) groups excluding carboxylic acids is 2. The predicted molar refractivity (Wildman–Crippen MR) is 180 cm³/mol. The summed E-state index contributed by atoms with van der Waals surface area (Å²) in [5.74, 6) is 1.83. The Morgan fingerprint density at radius 2 is 1.87 bits per heavy atom. The zero-order valence-corrected chi connectivity index (χ0v) is 26.8. The van der Waals surface area contributed by atoms with E-state index in [4.69, 9.17) is 9.40 Å². The third-order valence-electron chi connectivity index (χ3n) is 8.45. The van der Waals surface area contributed by atoms with Gasteiger partial charge in [-0.3, -0.25) is 14.5 Å². The Morgan fingerprint density at radius 1 is 1.07 bits per heavy atom. The van der Waals surface area contributed by atoms with Crippen LogP contribution in [-0.2, 0) is 16.1 Å². The van der Waals surface area contributed by atoms with E-state index in [1.165, 1.54) is 0 Å². The normalized spacial score (nSPS) is 15.4. The highest BCUT2D eigenvalue weighted by atomic mass is 16.4. The van der Waals surface area contributed by atoms with E-state index in [1.807, 2.05) is 97.5 Å². The Kier molecular flexibility index (Phi) is 9.28. The van der Waals surface area contributed by atoms with Crippen molar-refractivity contribution in [3.05, 3.63) is 89.9 Å². The van der Waals surface area contributed by atoms with Crippen molar-refractivity contribution in [1.29, 1.82) is 0 Å². The molecule has 0 bridgehead atoms. The minimum atomic E-state index is -0.380. The summed E-state index contributed by atoms with van der Waals surface area (Å²) in [4.78, 5) is 43.1. The van der Waals surface area contributed by atoms with E-state index in [0.717, 1.165) is 70.6 Å². The molecule has 3 N–H and O–H groups in total. The van der Waals surface area contributed by atoms with Crippen molar-refractivity contribution in [2.75, 3.05) is 32.5 Å². The monoisotopic (exact) mass is 619 g/mol. The van der Waals surface area contributed by atoms with E-state index in [1.54, 1.807) is 6.20 Å². The maximum atomic E-state index is 13.8. The Labute approximate surface area is 269 Å². The fourth-order valence-electron chi connectivity index (χ4n) is 6.03. The second kappa shape index (κ2) is 13.7. The van der Waals surface area contributed by atoms with E-state index in [0.29, 0.717) is 24.7 Å². The van der Waals surface area contributed by atoms with Crippen LogP contribution in [0, 0.1) is 6.92 Å². The molecule has 1 fully saturated rings. The van der Waals surface area contributed by atoms with Crippen molar-refractivity contribution >= 4 is 28.5 Å². The lowest BCUT2D eigenvalue weighted by molar-refractivity contribution is -0.137. The lowest BCUT2D eigenvalue weighted by Crippen LogP contribution is -2.40. The number of oxazole rings is 1. The zero-order chi connectivity index (χ0) is 32.2. The second-order valence-corrected chi connectivity index (χ2v) is 12.1. The third kappa shape index (κ3) is 6.73. The van der Waals surface area contributed by atoms with Gasteiger partial charge in [0.15, 0.2) is 5.76 Å². The van der Waals surface area contributed by atoms with Crippen LogP contribution in [0.5, 0.6) is 0 Å². The number of fused-ring (bicyclic) bond motifs is 1. The number of aromatic amines is 1. The molecule has 3 heterocycles. The number of benzene rings is 3. The molecule has 5 aromatic rings. The molecular formula is C36H41N7O3. The maximum absolute atomic E-state index is 13.8. The van der Waals surface area contributed by atoms with Crippen molar-refractivity contribution in [3.8, 4) is 22.8 Å².